The van der Waals surface area contributed by atoms with E-state index in [1.54, 1.807) is 0 Å². The molecular formula is C14H30N2O2. The van der Waals surface area contributed by atoms with Crippen LogP contribution < -0.4 is 5.32 Å². The molecule has 1 atom stereocenters. The molecule has 18 heavy (non-hydrogen) atoms. The molecule has 1 unspecified atom stereocenters. The Morgan fingerprint density at radius 1 is 1.28 bits per heavy atom. The maximum atomic E-state index is 11.8. The number of unbranched alkanes of at least 4 members (excludes halogenated alkanes) is 2. The minimum Gasteiger partial charge on any atom is -0.465 e. The Morgan fingerprint density at radius 3 is 2.39 bits per heavy atom. The van der Waals surface area contributed by atoms with Crippen molar-refractivity contribution in [2.45, 2.75) is 59.0 Å². The van der Waals surface area contributed by atoms with Crippen LogP contribution >= 0.6 is 0 Å². The highest BCUT2D eigenvalue weighted by molar-refractivity contribution is 5.76. The first-order valence-corrected chi connectivity index (χ1v) is 7.14. The molecule has 0 aliphatic heterocycles. The number of hydrogen-bond acceptors (Lipinski definition) is 4. The average molecular weight is 258 g/mol. The molecule has 0 fully saturated rings. The third kappa shape index (κ3) is 6.97. The fraction of sp³-hybridized carbons (Fsp3) is 0.929. The van der Waals surface area contributed by atoms with Crippen LogP contribution in [0.3, 0.4) is 0 Å². The van der Waals surface area contributed by atoms with E-state index in [1.807, 2.05) is 14.0 Å². The van der Waals surface area contributed by atoms with Gasteiger partial charge in [-0.3, -0.25) is 9.69 Å². The van der Waals surface area contributed by atoms with Crippen LogP contribution in [-0.2, 0) is 9.53 Å². The van der Waals surface area contributed by atoms with Gasteiger partial charge < -0.3 is 10.1 Å². The van der Waals surface area contributed by atoms with Crippen LogP contribution in [0.2, 0.25) is 0 Å². The highest BCUT2D eigenvalue weighted by Gasteiger charge is 2.22. The van der Waals surface area contributed by atoms with E-state index in [4.69, 9.17) is 4.74 Å². The molecule has 4 nitrogen and oxygen atoms in total. The first-order chi connectivity index (χ1) is 8.56. The van der Waals surface area contributed by atoms with Crippen molar-refractivity contribution in [1.82, 2.24) is 10.2 Å². The molecule has 108 valence electrons. The minimum absolute atomic E-state index is 0.152. The molecule has 0 aromatic carbocycles. The van der Waals surface area contributed by atoms with Crippen LogP contribution in [0.25, 0.3) is 0 Å². The molecule has 4 heteroatoms. The highest BCUT2D eigenvalue weighted by atomic mass is 16.5. The second-order valence-corrected chi connectivity index (χ2v) is 4.89. The molecule has 0 bridgehead atoms. The lowest BCUT2D eigenvalue weighted by Crippen LogP contribution is -2.47. The number of ether oxygens (including phenoxy) is 1. The van der Waals surface area contributed by atoms with Gasteiger partial charge >= 0.3 is 5.97 Å². The van der Waals surface area contributed by atoms with Crippen molar-refractivity contribution < 1.29 is 9.53 Å². The van der Waals surface area contributed by atoms with Gasteiger partial charge in [0.1, 0.15) is 6.04 Å². The molecule has 0 aliphatic carbocycles. The summed E-state index contributed by atoms with van der Waals surface area (Å²) in [4.78, 5) is 14.1. The summed E-state index contributed by atoms with van der Waals surface area (Å²) in [5.74, 6) is -0.152. The van der Waals surface area contributed by atoms with Crippen LogP contribution in [-0.4, -0.2) is 49.7 Å². The Morgan fingerprint density at radius 2 is 1.94 bits per heavy atom. The number of carbonyl (C=O) groups is 1. The SMILES string of the molecule is CCCCCN(CC(NC)C(=O)OCC)C(C)C. The van der Waals surface area contributed by atoms with Gasteiger partial charge in [0.2, 0.25) is 0 Å². The minimum atomic E-state index is -0.228. The number of carbonyl (C=O) groups excluding carboxylic acids is 1. The van der Waals surface area contributed by atoms with E-state index in [2.05, 4.69) is 31.0 Å². The molecule has 0 amide bonds. The average Bonchev–Trinajstić information content (AvgIpc) is 2.33. The Balaban J connectivity index is 4.29. The summed E-state index contributed by atoms with van der Waals surface area (Å²) < 4.78 is 5.07. The van der Waals surface area contributed by atoms with E-state index >= 15 is 0 Å². The fourth-order valence-corrected chi connectivity index (χ4v) is 1.89. The Bertz CT molecular complexity index is 220. The Kier molecular flexibility index (Phi) is 9.98. The van der Waals surface area contributed by atoms with Crippen molar-refractivity contribution >= 4 is 5.97 Å². The lowest BCUT2D eigenvalue weighted by molar-refractivity contribution is -0.146. The van der Waals surface area contributed by atoms with Crippen molar-refractivity contribution in [2.75, 3.05) is 26.7 Å². The molecular weight excluding hydrogens is 228 g/mol. The van der Waals surface area contributed by atoms with Crippen LogP contribution in [0.15, 0.2) is 0 Å². The van der Waals surface area contributed by atoms with Crippen LogP contribution in [0.5, 0.6) is 0 Å². The topological polar surface area (TPSA) is 41.6 Å². The van der Waals surface area contributed by atoms with Crippen LogP contribution in [0, 0.1) is 0 Å². The second kappa shape index (κ2) is 10.3. The van der Waals surface area contributed by atoms with Gasteiger partial charge in [0.05, 0.1) is 6.61 Å². The maximum absolute atomic E-state index is 11.8. The number of nitrogens with zero attached hydrogens (tertiary/aromatic N) is 1. The first kappa shape index (κ1) is 17.4. The van der Waals surface area contributed by atoms with Crippen molar-refractivity contribution in [3.63, 3.8) is 0 Å². The molecule has 0 saturated heterocycles. The van der Waals surface area contributed by atoms with E-state index in [9.17, 15) is 4.79 Å². The van der Waals surface area contributed by atoms with E-state index in [0.717, 1.165) is 13.1 Å². The fourth-order valence-electron chi connectivity index (χ4n) is 1.89. The Labute approximate surface area is 112 Å². The molecule has 0 aliphatic rings. The number of rotatable bonds is 10. The van der Waals surface area contributed by atoms with Gasteiger partial charge in [0.25, 0.3) is 0 Å². The zero-order valence-corrected chi connectivity index (χ0v) is 12.7. The number of hydrogen-bond donors (Lipinski definition) is 1. The Hall–Kier alpha value is -0.610. The first-order valence-electron chi connectivity index (χ1n) is 7.14. The highest BCUT2D eigenvalue weighted by Crippen LogP contribution is 2.05. The predicted molar refractivity (Wildman–Crippen MR) is 75.7 cm³/mol. The zero-order valence-electron chi connectivity index (χ0n) is 12.7. The van der Waals surface area contributed by atoms with E-state index < -0.39 is 0 Å². The molecule has 0 rings (SSSR count). The quantitative estimate of drug-likeness (QED) is 0.481. The predicted octanol–water partition coefficient (Wildman–Crippen LogP) is 2.04. The third-order valence-corrected chi connectivity index (χ3v) is 3.12. The third-order valence-electron chi connectivity index (χ3n) is 3.12. The zero-order chi connectivity index (χ0) is 14.0. The normalized spacial score (nSPS) is 13.1. The summed E-state index contributed by atoms with van der Waals surface area (Å²) in [6, 6.07) is 0.223. The monoisotopic (exact) mass is 258 g/mol. The summed E-state index contributed by atoms with van der Waals surface area (Å²) in [5, 5.41) is 3.05. The smallest absolute Gasteiger partial charge is 0.324 e. The van der Waals surface area contributed by atoms with E-state index in [1.165, 1.54) is 19.3 Å². The van der Waals surface area contributed by atoms with Gasteiger partial charge in [0.15, 0.2) is 0 Å². The standard InChI is InChI=1S/C14H30N2O2/c1-6-8-9-10-16(12(3)4)11-13(15-5)14(17)18-7-2/h12-13,15H,6-11H2,1-5H3. The van der Waals surface area contributed by atoms with Gasteiger partial charge in [-0.05, 0) is 40.8 Å². The van der Waals surface area contributed by atoms with Gasteiger partial charge in [-0.2, -0.15) is 0 Å². The molecule has 0 heterocycles. The summed E-state index contributed by atoms with van der Waals surface area (Å²) >= 11 is 0. The lowest BCUT2D eigenvalue weighted by Gasteiger charge is -2.29. The molecule has 0 saturated carbocycles. The molecule has 0 aromatic heterocycles. The van der Waals surface area contributed by atoms with Gasteiger partial charge in [-0.1, -0.05) is 19.8 Å². The van der Waals surface area contributed by atoms with E-state index in [0.29, 0.717) is 12.6 Å². The number of likely N-dealkylation sites (N-methyl/N-ethyl adjacent to an activating group) is 1. The lowest BCUT2D eigenvalue weighted by atomic mass is 10.2. The van der Waals surface area contributed by atoms with Crippen molar-refractivity contribution in [1.29, 1.82) is 0 Å². The van der Waals surface area contributed by atoms with Crippen molar-refractivity contribution in [3.8, 4) is 0 Å². The summed E-state index contributed by atoms with van der Waals surface area (Å²) in [6.45, 7) is 10.6. The molecule has 0 spiro atoms. The van der Waals surface area contributed by atoms with Gasteiger partial charge in [0, 0.05) is 12.6 Å². The maximum Gasteiger partial charge on any atom is 0.324 e. The number of esters is 1. The van der Waals surface area contributed by atoms with Gasteiger partial charge in [-0.25, -0.2) is 0 Å². The summed E-state index contributed by atoms with van der Waals surface area (Å²) in [5.41, 5.74) is 0. The number of nitrogens with one attached hydrogen (secondary N) is 1. The van der Waals surface area contributed by atoms with Crippen molar-refractivity contribution in [2.24, 2.45) is 0 Å². The van der Waals surface area contributed by atoms with Crippen LogP contribution in [0.1, 0.15) is 47.0 Å². The van der Waals surface area contributed by atoms with E-state index in [-0.39, 0.29) is 12.0 Å². The molecule has 0 radical (unpaired) electrons. The van der Waals surface area contributed by atoms with Crippen molar-refractivity contribution in [3.05, 3.63) is 0 Å². The summed E-state index contributed by atoms with van der Waals surface area (Å²) in [7, 11) is 1.81. The largest absolute Gasteiger partial charge is 0.465 e. The molecule has 1 N–H and O–H groups in total. The second-order valence-electron chi connectivity index (χ2n) is 4.89. The van der Waals surface area contributed by atoms with Gasteiger partial charge in [-0.15, -0.1) is 0 Å². The molecule has 0 aromatic rings. The van der Waals surface area contributed by atoms with Crippen LogP contribution in [0.4, 0.5) is 0 Å². The summed E-state index contributed by atoms with van der Waals surface area (Å²) in [6.07, 6.45) is 3.65.